The van der Waals surface area contributed by atoms with E-state index in [0.29, 0.717) is 6.42 Å². The third-order valence-corrected chi connectivity index (χ3v) is 5.02. The van der Waals surface area contributed by atoms with Gasteiger partial charge in [-0.3, -0.25) is 14.1 Å². The molecule has 3 N–H and O–H groups in total. The van der Waals surface area contributed by atoms with E-state index in [1.54, 1.807) is 30.3 Å². The first-order valence-corrected chi connectivity index (χ1v) is 10.8. The third-order valence-electron chi connectivity index (χ3n) is 4.26. The fourth-order valence-corrected chi connectivity index (χ4v) is 3.44. The van der Waals surface area contributed by atoms with Crippen molar-refractivity contribution in [3.63, 3.8) is 0 Å². The molecule has 0 fully saturated rings. The lowest BCUT2D eigenvalue weighted by Crippen LogP contribution is -2.48. The molecule has 8 nitrogen and oxygen atoms in total. The molecule has 1 aromatic rings. The van der Waals surface area contributed by atoms with E-state index in [0.717, 1.165) is 24.8 Å². The van der Waals surface area contributed by atoms with Gasteiger partial charge in [-0.15, -0.1) is 0 Å². The minimum Gasteiger partial charge on any atom is -0.480 e. The molecule has 156 valence electrons. The Kier molecular flexibility index (Phi) is 9.81. The van der Waals surface area contributed by atoms with Gasteiger partial charge in [0.25, 0.3) is 10.1 Å². The minimum atomic E-state index is -4.61. The molecule has 0 saturated heterocycles. The van der Waals surface area contributed by atoms with Crippen molar-refractivity contribution in [2.24, 2.45) is 5.92 Å². The van der Waals surface area contributed by atoms with Gasteiger partial charge >= 0.3 is 5.97 Å². The highest BCUT2D eigenvalue weighted by Gasteiger charge is 2.31. The second-order valence-electron chi connectivity index (χ2n) is 6.68. The zero-order valence-electron chi connectivity index (χ0n) is 15.8. The van der Waals surface area contributed by atoms with Gasteiger partial charge in [0.05, 0.1) is 5.92 Å². The summed E-state index contributed by atoms with van der Waals surface area (Å²) in [5.74, 6) is -5.06. The lowest BCUT2D eigenvalue weighted by Gasteiger charge is -2.19. The van der Waals surface area contributed by atoms with Gasteiger partial charge in [0.1, 0.15) is 17.6 Å². The van der Waals surface area contributed by atoms with Crippen LogP contribution in [0.2, 0.25) is 0 Å². The predicted molar refractivity (Wildman–Crippen MR) is 103 cm³/mol. The van der Waals surface area contributed by atoms with E-state index in [2.05, 4.69) is 5.32 Å². The number of aliphatic carboxylic acids is 1. The maximum atomic E-state index is 12.7. The van der Waals surface area contributed by atoms with Gasteiger partial charge in [-0.25, -0.2) is 4.79 Å². The number of carbonyl (C=O) groups excluding carboxylic acids is 2. The van der Waals surface area contributed by atoms with Gasteiger partial charge in [0.2, 0.25) is 5.91 Å². The maximum Gasteiger partial charge on any atom is 0.327 e. The summed E-state index contributed by atoms with van der Waals surface area (Å²) in [6.45, 7) is 2.03. The van der Waals surface area contributed by atoms with Crippen LogP contribution >= 0.6 is 0 Å². The first-order valence-electron chi connectivity index (χ1n) is 9.19. The zero-order chi connectivity index (χ0) is 21.2. The number of rotatable bonds is 13. The fraction of sp³-hybridized carbons (Fsp3) is 0.526. The number of Topliss-reactive ketones (excluding diaryl/α,β-unsaturated/α-hetero) is 1. The smallest absolute Gasteiger partial charge is 0.327 e. The summed E-state index contributed by atoms with van der Waals surface area (Å²) in [4.78, 5) is 36.5. The standard InChI is InChI=1S/C19H27NO7S/c1-2-3-4-8-11-15(17(21)12-14-9-6-5-7-10-14)18(22)20-16(19(23)24)13-28(25,26)27/h5-7,9-10,15-16H,2-4,8,11-13H2,1H3,(H,20,22)(H,23,24)(H,25,26,27). The summed E-state index contributed by atoms with van der Waals surface area (Å²) < 4.78 is 30.9. The number of ketones is 1. The predicted octanol–water partition coefficient (Wildman–Crippen LogP) is 1.84. The molecule has 9 heteroatoms. The summed E-state index contributed by atoms with van der Waals surface area (Å²) in [5, 5.41) is 11.2. The zero-order valence-corrected chi connectivity index (χ0v) is 16.7. The molecule has 1 rings (SSSR count). The minimum absolute atomic E-state index is 0.0166. The van der Waals surface area contributed by atoms with Gasteiger partial charge in [-0.05, 0) is 12.0 Å². The Morgan fingerprint density at radius 2 is 1.71 bits per heavy atom. The third kappa shape index (κ3) is 9.09. The number of nitrogens with one attached hydrogen (secondary N) is 1. The number of unbranched alkanes of at least 4 members (excludes halogenated alkanes) is 3. The molecule has 2 unspecified atom stereocenters. The summed E-state index contributed by atoms with van der Waals surface area (Å²) in [6, 6.07) is 7.02. The van der Waals surface area contributed by atoms with E-state index in [1.165, 1.54) is 0 Å². The van der Waals surface area contributed by atoms with Crippen molar-refractivity contribution in [2.45, 2.75) is 51.5 Å². The number of carbonyl (C=O) groups is 3. The SMILES string of the molecule is CCCCCCC(C(=O)Cc1ccccc1)C(=O)NC(CS(=O)(=O)O)C(=O)O. The molecule has 1 aromatic carbocycles. The van der Waals surface area contributed by atoms with E-state index in [1.807, 2.05) is 6.92 Å². The number of carboxylic acids is 1. The van der Waals surface area contributed by atoms with Crippen LogP contribution in [0, 0.1) is 5.92 Å². The monoisotopic (exact) mass is 413 g/mol. The average Bonchev–Trinajstić information content (AvgIpc) is 2.60. The molecular formula is C19H27NO7S. The molecule has 0 saturated carbocycles. The van der Waals surface area contributed by atoms with Gasteiger partial charge in [-0.2, -0.15) is 8.42 Å². The van der Waals surface area contributed by atoms with Crippen LogP contribution in [0.3, 0.4) is 0 Å². The molecule has 0 heterocycles. The van der Waals surface area contributed by atoms with Gasteiger partial charge in [0, 0.05) is 6.42 Å². The Morgan fingerprint density at radius 3 is 2.25 bits per heavy atom. The molecule has 0 aliphatic carbocycles. The van der Waals surface area contributed by atoms with Crippen LogP contribution in [0.1, 0.15) is 44.6 Å². The summed E-state index contributed by atoms with van der Waals surface area (Å²) in [5.41, 5.74) is 0.728. The number of hydrogen-bond donors (Lipinski definition) is 3. The number of amides is 1. The first kappa shape index (κ1) is 23.8. The van der Waals surface area contributed by atoms with Gasteiger partial charge in [-0.1, -0.05) is 62.9 Å². The largest absolute Gasteiger partial charge is 0.480 e. The maximum absolute atomic E-state index is 12.7. The fourth-order valence-electron chi connectivity index (χ4n) is 2.79. The molecule has 0 aliphatic rings. The van der Waals surface area contributed by atoms with Crippen molar-refractivity contribution in [1.82, 2.24) is 5.32 Å². The van der Waals surface area contributed by atoms with E-state index in [-0.39, 0.29) is 18.6 Å². The Bertz CT molecular complexity index is 762. The Morgan fingerprint density at radius 1 is 1.07 bits per heavy atom. The summed E-state index contributed by atoms with van der Waals surface area (Å²) >= 11 is 0. The van der Waals surface area contributed by atoms with Crippen molar-refractivity contribution >= 4 is 27.8 Å². The highest BCUT2D eigenvalue weighted by atomic mass is 32.2. The Hall–Kier alpha value is -2.26. The Labute approximate surface area is 165 Å². The first-order chi connectivity index (χ1) is 13.1. The van der Waals surface area contributed by atoms with Crippen molar-refractivity contribution in [2.75, 3.05) is 5.75 Å². The quantitative estimate of drug-likeness (QED) is 0.255. The summed E-state index contributed by atoms with van der Waals surface area (Å²) in [7, 11) is -4.61. The number of benzene rings is 1. The normalized spacial score (nSPS) is 13.5. The van der Waals surface area contributed by atoms with Gasteiger partial charge in [0.15, 0.2) is 0 Å². The summed E-state index contributed by atoms with van der Waals surface area (Å²) in [6.07, 6.45) is 3.62. The molecule has 0 bridgehead atoms. The van der Waals surface area contributed by atoms with Crippen molar-refractivity contribution in [1.29, 1.82) is 0 Å². The Balaban J connectivity index is 2.90. The molecule has 0 spiro atoms. The molecule has 1 amide bonds. The molecule has 0 aromatic heterocycles. The second-order valence-corrected chi connectivity index (χ2v) is 8.18. The lowest BCUT2D eigenvalue weighted by molar-refractivity contribution is -0.143. The van der Waals surface area contributed by atoms with E-state index in [9.17, 15) is 22.8 Å². The highest BCUT2D eigenvalue weighted by molar-refractivity contribution is 7.85. The molecule has 28 heavy (non-hydrogen) atoms. The van der Waals surface area contributed by atoms with Crippen molar-refractivity contribution < 1.29 is 32.5 Å². The second kappa shape index (κ2) is 11.6. The number of carboxylic acid groups (broad SMARTS) is 1. The van der Waals surface area contributed by atoms with Crippen LogP contribution in [-0.4, -0.2) is 47.5 Å². The molecule has 2 atom stereocenters. The van der Waals surface area contributed by atoms with Gasteiger partial charge < -0.3 is 10.4 Å². The topological polar surface area (TPSA) is 138 Å². The van der Waals surface area contributed by atoms with Crippen molar-refractivity contribution in [3.8, 4) is 0 Å². The van der Waals surface area contributed by atoms with Crippen LogP contribution in [0.25, 0.3) is 0 Å². The molecular weight excluding hydrogens is 386 g/mol. The van der Waals surface area contributed by atoms with Crippen molar-refractivity contribution in [3.05, 3.63) is 35.9 Å². The molecule has 0 radical (unpaired) electrons. The highest BCUT2D eigenvalue weighted by Crippen LogP contribution is 2.16. The van der Waals surface area contributed by atoms with E-state index < -0.39 is 39.7 Å². The van der Waals surface area contributed by atoms with Crippen LogP contribution in [-0.2, 0) is 30.9 Å². The van der Waals surface area contributed by atoms with E-state index >= 15 is 0 Å². The van der Waals surface area contributed by atoms with Crippen LogP contribution < -0.4 is 5.32 Å². The number of hydrogen-bond acceptors (Lipinski definition) is 5. The van der Waals surface area contributed by atoms with Crippen LogP contribution in [0.15, 0.2) is 30.3 Å². The average molecular weight is 413 g/mol. The molecule has 0 aliphatic heterocycles. The lowest BCUT2D eigenvalue weighted by atomic mass is 9.91. The van der Waals surface area contributed by atoms with E-state index in [4.69, 9.17) is 9.66 Å². The van der Waals surface area contributed by atoms with Crippen LogP contribution in [0.5, 0.6) is 0 Å². The van der Waals surface area contributed by atoms with Crippen LogP contribution in [0.4, 0.5) is 0 Å².